The summed E-state index contributed by atoms with van der Waals surface area (Å²) in [4.78, 5) is 22.8. The number of Topliss-reactive ketones (excluding diaryl/α,β-unsaturated/α-hetero) is 1. The van der Waals surface area contributed by atoms with E-state index < -0.39 is 0 Å². The first-order valence-corrected chi connectivity index (χ1v) is 11.8. The molecule has 3 aromatic rings. The molecule has 0 saturated heterocycles. The number of nitrogen functional groups attached to an aromatic ring is 1. The zero-order chi connectivity index (χ0) is 22.3. The van der Waals surface area contributed by atoms with Gasteiger partial charge in [-0.1, -0.05) is 86.3 Å². The average molecular weight is 443 g/mol. The lowest BCUT2D eigenvalue weighted by Gasteiger charge is -2.39. The molecule has 0 unspecified atom stereocenters. The molecule has 0 saturated carbocycles. The maximum absolute atomic E-state index is 13.3. The predicted molar refractivity (Wildman–Crippen MR) is 129 cm³/mol. The second kappa shape index (κ2) is 8.10. The fourth-order valence-electron chi connectivity index (χ4n) is 4.68. The molecule has 3 N–H and O–H groups in total. The van der Waals surface area contributed by atoms with Gasteiger partial charge in [-0.25, -0.2) is 9.97 Å². The van der Waals surface area contributed by atoms with E-state index in [0.29, 0.717) is 23.2 Å². The second-order valence-electron chi connectivity index (χ2n) is 9.23. The molecule has 2 aliphatic rings. The Hall–Kier alpha value is -3.12. The number of hydrogen-bond donors (Lipinski definition) is 2. The topological polar surface area (TPSA) is 80.9 Å². The van der Waals surface area contributed by atoms with Gasteiger partial charge >= 0.3 is 0 Å². The molecule has 1 aliphatic heterocycles. The van der Waals surface area contributed by atoms with Gasteiger partial charge in [0.15, 0.2) is 10.9 Å². The Kier molecular flexibility index (Phi) is 5.25. The van der Waals surface area contributed by atoms with Crippen molar-refractivity contribution in [3.05, 3.63) is 88.6 Å². The molecule has 5 rings (SSSR count). The van der Waals surface area contributed by atoms with Crippen LogP contribution in [0.1, 0.15) is 49.3 Å². The minimum absolute atomic E-state index is 0.0921. The summed E-state index contributed by atoms with van der Waals surface area (Å²) in [6, 6.07) is 20.3. The molecule has 0 fully saturated rings. The van der Waals surface area contributed by atoms with Crippen molar-refractivity contribution in [1.82, 2.24) is 9.97 Å². The number of benzene rings is 2. The standard InChI is InChI=1S/C26H26N4OS/c1-26(2)13-18-21(19(31)14-26)20(17-11-7-4-8-12-17)22-23(27)29-25(30-24(22)28-18)32-15-16-9-5-3-6-10-16/h3-12,20H,13-15H2,1-2H3,(H3,27,28,29,30)/t20-/m0/s1. The zero-order valence-corrected chi connectivity index (χ0v) is 19.1. The van der Waals surface area contributed by atoms with Crippen LogP contribution in [0.3, 0.4) is 0 Å². The van der Waals surface area contributed by atoms with E-state index >= 15 is 0 Å². The third-order valence-corrected chi connectivity index (χ3v) is 6.98. The number of ketones is 1. The van der Waals surface area contributed by atoms with E-state index in [1.807, 2.05) is 36.4 Å². The number of hydrogen-bond acceptors (Lipinski definition) is 6. The minimum atomic E-state index is -0.251. The fourth-order valence-corrected chi connectivity index (χ4v) is 5.49. The highest BCUT2D eigenvalue weighted by Crippen LogP contribution is 2.50. The summed E-state index contributed by atoms with van der Waals surface area (Å²) in [6.07, 6.45) is 1.32. The van der Waals surface area contributed by atoms with E-state index in [-0.39, 0.29) is 17.1 Å². The first kappa shape index (κ1) is 20.8. The second-order valence-corrected chi connectivity index (χ2v) is 10.2. The molecule has 162 valence electrons. The van der Waals surface area contributed by atoms with Crippen molar-refractivity contribution in [2.24, 2.45) is 5.41 Å². The third-order valence-electron chi connectivity index (χ3n) is 6.06. The SMILES string of the molecule is CC1(C)CC(=O)C2=C(C1)Nc1nc(SCc3ccccc3)nc(N)c1[C@H]2c1ccccc1. The molecule has 1 aliphatic carbocycles. The van der Waals surface area contributed by atoms with Crippen LogP contribution >= 0.6 is 11.8 Å². The number of fused-ring (bicyclic) bond motifs is 1. The Morgan fingerprint density at radius 2 is 1.72 bits per heavy atom. The van der Waals surface area contributed by atoms with Crippen molar-refractivity contribution >= 4 is 29.2 Å². The van der Waals surface area contributed by atoms with Crippen molar-refractivity contribution in [2.45, 2.75) is 43.5 Å². The highest BCUT2D eigenvalue weighted by Gasteiger charge is 2.42. The average Bonchev–Trinajstić information content (AvgIpc) is 2.77. The number of aromatic nitrogens is 2. The van der Waals surface area contributed by atoms with Crippen LogP contribution in [0.25, 0.3) is 0 Å². The number of nitrogens with zero attached hydrogens (tertiary/aromatic N) is 2. The van der Waals surface area contributed by atoms with Gasteiger partial charge in [-0.3, -0.25) is 4.79 Å². The molecular weight excluding hydrogens is 416 g/mol. The number of carbonyl (C=O) groups excluding carboxylic acids is 1. The molecule has 6 heteroatoms. The molecule has 2 aromatic carbocycles. The van der Waals surface area contributed by atoms with Gasteiger partial charge in [0.2, 0.25) is 0 Å². The van der Waals surface area contributed by atoms with Crippen LogP contribution in [-0.2, 0) is 10.5 Å². The lowest BCUT2D eigenvalue weighted by atomic mass is 9.69. The summed E-state index contributed by atoms with van der Waals surface area (Å²) in [7, 11) is 0. The summed E-state index contributed by atoms with van der Waals surface area (Å²) < 4.78 is 0. The number of carbonyl (C=O) groups is 1. The highest BCUT2D eigenvalue weighted by atomic mass is 32.2. The van der Waals surface area contributed by atoms with Crippen LogP contribution in [0.4, 0.5) is 11.6 Å². The minimum Gasteiger partial charge on any atom is -0.383 e. The van der Waals surface area contributed by atoms with Crippen LogP contribution < -0.4 is 11.1 Å². The van der Waals surface area contributed by atoms with Crippen molar-refractivity contribution in [1.29, 1.82) is 0 Å². The van der Waals surface area contributed by atoms with E-state index in [9.17, 15) is 4.79 Å². The Labute approximate surface area is 192 Å². The molecule has 32 heavy (non-hydrogen) atoms. The van der Waals surface area contributed by atoms with Crippen molar-refractivity contribution in [2.75, 3.05) is 11.1 Å². The molecule has 0 radical (unpaired) electrons. The van der Waals surface area contributed by atoms with Crippen LogP contribution in [-0.4, -0.2) is 15.8 Å². The highest BCUT2D eigenvalue weighted by molar-refractivity contribution is 7.98. The van der Waals surface area contributed by atoms with Crippen molar-refractivity contribution < 1.29 is 4.79 Å². The van der Waals surface area contributed by atoms with E-state index in [1.165, 1.54) is 5.56 Å². The predicted octanol–water partition coefficient (Wildman–Crippen LogP) is 5.55. The molecule has 1 aromatic heterocycles. The van der Waals surface area contributed by atoms with Crippen molar-refractivity contribution in [3.63, 3.8) is 0 Å². The van der Waals surface area contributed by atoms with Crippen molar-refractivity contribution in [3.8, 4) is 0 Å². The molecule has 5 nitrogen and oxygen atoms in total. The maximum atomic E-state index is 13.3. The van der Waals surface area contributed by atoms with Gasteiger partial charge in [-0.05, 0) is 23.0 Å². The quantitative estimate of drug-likeness (QED) is 0.407. The first-order valence-electron chi connectivity index (χ1n) is 10.8. The van der Waals surface area contributed by atoms with E-state index in [0.717, 1.165) is 34.6 Å². The molecule has 0 bridgehead atoms. The number of allylic oxidation sites excluding steroid dienone is 2. The number of rotatable bonds is 4. The van der Waals surface area contributed by atoms with Gasteiger partial charge in [-0.2, -0.15) is 0 Å². The maximum Gasteiger partial charge on any atom is 0.191 e. The Morgan fingerprint density at radius 1 is 1.03 bits per heavy atom. The van der Waals surface area contributed by atoms with E-state index in [2.05, 4.69) is 48.4 Å². The molecule has 0 amide bonds. The van der Waals surface area contributed by atoms with Gasteiger partial charge in [0, 0.05) is 34.9 Å². The van der Waals surface area contributed by atoms with Gasteiger partial charge in [0.25, 0.3) is 0 Å². The van der Waals surface area contributed by atoms with Crippen LogP contribution in [0.15, 0.2) is 77.1 Å². The number of anilines is 2. The monoisotopic (exact) mass is 442 g/mol. The summed E-state index contributed by atoms with van der Waals surface area (Å²) in [5.41, 5.74) is 11.2. The summed E-state index contributed by atoms with van der Waals surface area (Å²) >= 11 is 1.56. The summed E-state index contributed by atoms with van der Waals surface area (Å²) in [5, 5.41) is 4.11. The number of nitrogens with two attached hydrogens (primary N) is 1. The Balaban J connectivity index is 1.58. The molecular formula is C26H26N4OS. The van der Waals surface area contributed by atoms with Crippen LogP contribution in [0, 0.1) is 5.41 Å². The first-order chi connectivity index (χ1) is 15.4. The number of thioether (sulfide) groups is 1. The normalized spacial score (nSPS) is 19.2. The summed E-state index contributed by atoms with van der Waals surface area (Å²) in [6.45, 7) is 4.28. The van der Waals surface area contributed by atoms with Crippen LogP contribution in [0.5, 0.6) is 0 Å². The van der Waals surface area contributed by atoms with E-state index in [4.69, 9.17) is 10.7 Å². The van der Waals surface area contributed by atoms with E-state index in [1.54, 1.807) is 11.8 Å². The molecule has 0 spiro atoms. The van der Waals surface area contributed by atoms with Gasteiger partial charge in [-0.15, -0.1) is 0 Å². The number of nitrogens with one attached hydrogen (secondary N) is 1. The largest absolute Gasteiger partial charge is 0.383 e. The Bertz CT molecular complexity index is 1210. The molecule has 2 heterocycles. The smallest absolute Gasteiger partial charge is 0.191 e. The lowest BCUT2D eigenvalue weighted by molar-refractivity contribution is -0.118. The fraction of sp³-hybridized carbons (Fsp3) is 0.269. The van der Waals surface area contributed by atoms with Crippen LogP contribution in [0.2, 0.25) is 0 Å². The lowest BCUT2D eigenvalue weighted by Crippen LogP contribution is -2.34. The van der Waals surface area contributed by atoms with Gasteiger partial charge in [0.05, 0.1) is 0 Å². The van der Waals surface area contributed by atoms with Gasteiger partial charge < -0.3 is 11.1 Å². The third kappa shape index (κ3) is 3.91. The Morgan fingerprint density at radius 3 is 2.44 bits per heavy atom. The van der Waals surface area contributed by atoms with Gasteiger partial charge in [0.1, 0.15) is 11.6 Å². The summed E-state index contributed by atoms with van der Waals surface area (Å²) in [5.74, 6) is 1.83. The zero-order valence-electron chi connectivity index (χ0n) is 18.3. The molecule has 1 atom stereocenters.